The summed E-state index contributed by atoms with van der Waals surface area (Å²) in [6, 6.07) is 10.5. The SMILES string of the molecule is O=C(O)[C@H]1[C@H](c2cccs2)CC(=O)N1c1ccc2oc(=O)ccc2c1. The van der Waals surface area contributed by atoms with Crippen molar-refractivity contribution in [3.05, 3.63) is 63.1 Å². The van der Waals surface area contributed by atoms with Crippen LogP contribution in [0.5, 0.6) is 0 Å². The van der Waals surface area contributed by atoms with E-state index in [0.29, 0.717) is 16.7 Å². The number of benzene rings is 1. The van der Waals surface area contributed by atoms with E-state index in [0.717, 1.165) is 4.88 Å². The number of carboxylic acid groups (broad SMARTS) is 1. The molecule has 3 aromatic rings. The van der Waals surface area contributed by atoms with E-state index in [-0.39, 0.29) is 18.2 Å². The fourth-order valence-corrected chi connectivity index (χ4v) is 4.15. The van der Waals surface area contributed by atoms with E-state index in [1.165, 1.54) is 22.3 Å². The minimum Gasteiger partial charge on any atom is -0.480 e. The molecule has 126 valence electrons. The molecule has 0 aliphatic carbocycles. The van der Waals surface area contributed by atoms with Crippen molar-refractivity contribution < 1.29 is 19.1 Å². The lowest BCUT2D eigenvalue weighted by molar-refractivity contribution is -0.139. The van der Waals surface area contributed by atoms with Crippen molar-refractivity contribution >= 4 is 39.9 Å². The summed E-state index contributed by atoms with van der Waals surface area (Å²) in [7, 11) is 0. The molecule has 4 rings (SSSR count). The highest BCUT2D eigenvalue weighted by atomic mass is 32.1. The van der Waals surface area contributed by atoms with Crippen LogP contribution in [0.1, 0.15) is 17.2 Å². The quantitative estimate of drug-likeness (QED) is 0.730. The molecule has 2 atom stereocenters. The molecular formula is C18H13NO5S. The molecule has 2 aromatic heterocycles. The Balaban J connectivity index is 1.80. The first-order valence-corrected chi connectivity index (χ1v) is 8.55. The van der Waals surface area contributed by atoms with Gasteiger partial charge in [0.15, 0.2) is 0 Å². The van der Waals surface area contributed by atoms with Crippen LogP contribution >= 0.6 is 11.3 Å². The van der Waals surface area contributed by atoms with Crippen molar-refractivity contribution in [1.29, 1.82) is 0 Å². The molecule has 25 heavy (non-hydrogen) atoms. The molecule has 1 aliphatic rings. The molecule has 1 saturated heterocycles. The van der Waals surface area contributed by atoms with Crippen LogP contribution in [0.4, 0.5) is 5.69 Å². The summed E-state index contributed by atoms with van der Waals surface area (Å²) >= 11 is 1.45. The minimum absolute atomic E-state index is 0.152. The number of carboxylic acids is 1. The van der Waals surface area contributed by atoms with Gasteiger partial charge in [-0.1, -0.05) is 6.07 Å². The third-order valence-corrected chi connectivity index (χ3v) is 5.37. The Bertz CT molecular complexity index is 1020. The lowest BCUT2D eigenvalue weighted by Gasteiger charge is -2.24. The Morgan fingerprint density at radius 2 is 2.04 bits per heavy atom. The maximum atomic E-state index is 12.6. The van der Waals surface area contributed by atoms with Crippen molar-refractivity contribution in [2.75, 3.05) is 4.90 Å². The molecule has 1 aromatic carbocycles. The molecule has 0 saturated carbocycles. The second-order valence-electron chi connectivity index (χ2n) is 5.85. The fourth-order valence-electron chi connectivity index (χ4n) is 3.29. The summed E-state index contributed by atoms with van der Waals surface area (Å²) < 4.78 is 5.09. The average molecular weight is 355 g/mol. The Labute approximate surface area is 145 Å². The molecule has 6 nitrogen and oxygen atoms in total. The van der Waals surface area contributed by atoms with Gasteiger partial charge in [-0.2, -0.15) is 0 Å². The van der Waals surface area contributed by atoms with Crippen LogP contribution in [0.15, 0.2) is 57.1 Å². The van der Waals surface area contributed by atoms with Gasteiger partial charge in [-0.05, 0) is 35.7 Å². The summed E-state index contributed by atoms with van der Waals surface area (Å²) in [5, 5.41) is 12.2. The standard InChI is InChI=1S/C18H13NO5S/c20-15-9-12(14-2-1-7-25-14)17(18(22)23)19(15)11-4-5-13-10(8-11)3-6-16(21)24-13/h1-8,12,17H,9H2,(H,22,23)/t12-,17+/m0/s1. The van der Waals surface area contributed by atoms with E-state index in [4.69, 9.17) is 4.42 Å². The van der Waals surface area contributed by atoms with Crippen LogP contribution in [0.25, 0.3) is 11.0 Å². The first-order valence-electron chi connectivity index (χ1n) is 7.67. The van der Waals surface area contributed by atoms with Gasteiger partial charge in [0.2, 0.25) is 5.91 Å². The summed E-state index contributed by atoms with van der Waals surface area (Å²) in [4.78, 5) is 38.0. The van der Waals surface area contributed by atoms with Crippen molar-refractivity contribution in [2.45, 2.75) is 18.4 Å². The molecule has 1 fully saturated rings. The summed E-state index contributed by atoms with van der Waals surface area (Å²) in [5.41, 5.74) is 0.418. The Hall–Kier alpha value is -2.93. The fraction of sp³-hybridized carbons (Fsp3) is 0.167. The number of fused-ring (bicyclic) bond motifs is 1. The lowest BCUT2D eigenvalue weighted by Crippen LogP contribution is -2.40. The van der Waals surface area contributed by atoms with Crippen LogP contribution in [-0.4, -0.2) is 23.0 Å². The van der Waals surface area contributed by atoms with Crippen LogP contribution in [-0.2, 0) is 9.59 Å². The zero-order valence-corrected chi connectivity index (χ0v) is 13.7. The molecule has 0 radical (unpaired) electrons. The average Bonchev–Trinajstić information content (AvgIpc) is 3.21. The number of carbonyl (C=O) groups excluding carboxylic acids is 1. The summed E-state index contributed by atoms with van der Waals surface area (Å²) in [6.45, 7) is 0. The van der Waals surface area contributed by atoms with E-state index >= 15 is 0 Å². The number of nitrogens with zero attached hydrogens (tertiary/aromatic N) is 1. The number of carbonyl (C=O) groups is 2. The van der Waals surface area contributed by atoms with Crippen molar-refractivity contribution in [2.24, 2.45) is 0 Å². The number of hydrogen-bond acceptors (Lipinski definition) is 5. The number of aliphatic carboxylic acids is 1. The van der Waals surface area contributed by atoms with E-state index < -0.39 is 17.6 Å². The third-order valence-electron chi connectivity index (χ3n) is 4.37. The molecule has 0 unspecified atom stereocenters. The largest absolute Gasteiger partial charge is 0.480 e. The number of rotatable bonds is 3. The molecule has 7 heteroatoms. The maximum absolute atomic E-state index is 12.6. The molecular weight excluding hydrogens is 342 g/mol. The first kappa shape index (κ1) is 15.6. The monoisotopic (exact) mass is 355 g/mol. The second kappa shape index (κ2) is 5.86. The van der Waals surface area contributed by atoms with Gasteiger partial charge in [0, 0.05) is 34.4 Å². The van der Waals surface area contributed by atoms with Crippen LogP contribution < -0.4 is 10.5 Å². The predicted molar refractivity (Wildman–Crippen MR) is 93.1 cm³/mol. The molecule has 1 aliphatic heterocycles. The number of anilines is 1. The van der Waals surface area contributed by atoms with Gasteiger partial charge < -0.3 is 9.52 Å². The van der Waals surface area contributed by atoms with Crippen LogP contribution in [0, 0.1) is 0 Å². The van der Waals surface area contributed by atoms with Crippen molar-refractivity contribution in [3.8, 4) is 0 Å². The minimum atomic E-state index is -1.04. The van der Waals surface area contributed by atoms with Gasteiger partial charge in [0.1, 0.15) is 11.6 Å². The maximum Gasteiger partial charge on any atom is 0.336 e. The van der Waals surface area contributed by atoms with E-state index in [1.54, 1.807) is 24.3 Å². The van der Waals surface area contributed by atoms with E-state index in [1.807, 2.05) is 17.5 Å². The molecule has 1 N–H and O–H groups in total. The Morgan fingerprint density at radius 3 is 2.76 bits per heavy atom. The van der Waals surface area contributed by atoms with Crippen molar-refractivity contribution in [1.82, 2.24) is 0 Å². The summed E-state index contributed by atoms with van der Waals surface area (Å²) in [6.07, 6.45) is 0.152. The number of hydrogen-bond donors (Lipinski definition) is 1. The highest BCUT2D eigenvalue weighted by molar-refractivity contribution is 7.10. The zero-order valence-electron chi connectivity index (χ0n) is 12.9. The highest BCUT2D eigenvalue weighted by Crippen LogP contribution is 2.40. The van der Waals surface area contributed by atoms with E-state index in [2.05, 4.69) is 0 Å². The van der Waals surface area contributed by atoms with Gasteiger partial charge in [0.05, 0.1) is 0 Å². The first-order chi connectivity index (χ1) is 12.0. The molecule has 0 bridgehead atoms. The van der Waals surface area contributed by atoms with E-state index in [9.17, 15) is 19.5 Å². The molecule has 1 amide bonds. The number of thiophene rings is 1. The zero-order chi connectivity index (χ0) is 17.6. The lowest BCUT2D eigenvalue weighted by atomic mass is 9.98. The Morgan fingerprint density at radius 1 is 1.20 bits per heavy atom. The molecule has 0 spiro atoms. The summed E-state index contributed by atoms with van der Waals surface area (Å²) in [5.74, 6) is -1.65. The van der Waals surface area contributed by atoms with Crippen molar-refractivity contribution in [3.63, 3.8) is 0 Å². The molecule has 3 heterocycles. The van der Waals surface area contributed by atoms with Gasteiger partial charge in [-0.25, -0.2) is 9.59 Å². The van der Waals surface area contributed by atoms with Gasteiger partial charge in [-0.15, -0.1) is 11.3 Å². The van der Waals surface area contributed by atoms with Gasteiger partial charge in [0.25, 0.3) is 0 Å². The normalized spacial score (nSPS) is 20.3. The van der Waals surface area contributed by atoms with Crippen LogP contribution in [0.2, 0.25) is 0 Å². The Kier molecular flexibility index (Phi) is 3.65. The topological polar surface area (TPSA) is 87.8 Å². The van der Waals surface area contributed by atoms with Crippen LogP contribution in [0.3, 0.4) is 0 Å². The third kappa shape index (κ3) is 2.62. The smallest absolute Gasteiger partial charge is 0.336 e. The number of amides is 1. The highest BCUT2D eigenvalue weighted by Gasteiger charge is 2.46. The second-order valence-corrected chi connectivity index (χ2v) is 6.83. The van der Waals surface area contributed by atoms with Gasteiger partial charge >= 0.3 is 11.6 Å². The van der Waals surface area contributed by atoms with Gasteiger partial charge in [-0.3, -0.25) is 9.69 Å². The predicted octanol–water partition coefficient (Wildman–Crippen LogP) is 2.83.